The maximum Gasteiger partial charge on any atom is 0.253 e. The van der Waals surface area contributed by atoms with E-state index in [0.717, 1.165) is 31.7 Å². The summed E-state index contributed by atoms with van der Waals surface area (Å²) in [5, 5.41) is 15.1. The largest absolute Gasteiger partial charge is 0.493 e. The highest BCUT2D eigenvalue weighted by molar-refractivity contribution is 6.42. The number of piperidine rings is 2. The molecule has 0 radical (unpaired) electrons. The molecule has 2 saturated heterocycles. The molecule has 2 heterocycles. The van der Waals surface area contributed by atoms with Gasteiger partial charge in [-0.05, 0) is 81.1 Å². The number of likely N-dealkylation sites (tertiary alicyclic amines) is 1. The Morgan fingerprint density at radius 2 is 1.65 bits per heavy atom. The van der Waals surface area contributed by atoms with Gasteiger partial charge in [0.1, 0.15) is 23.7 Å². The van der Waals surface area contributed by atoms with Crippen molar-refractivity contribution < 1.29 is 19.4 Å². The minimum absolute atomic E-state index is 0. The predicted molar refractivity (Wildman–Crippen MR) is 137 cm³/mol. The van der Waals surface area contributed by atoms with Gasteiger partial charge >= 0.3 is 0 Å². The van der Waals surface area contributed by atoms with Crippen LogP contribution in [0.2, 0.25) is 10.0 Å². The summed E-state index contributed by atoms with van der Waals surface area (Å²) in [6, 6.07) is 12.4. The second-order valence-corrected chi connectivity index (χ2v) is 9.72. The Labute approximate surface area is 216 Å². The van der Waals surface area contributed by atoms with Crippen molar-refractivity contribution in [2.75, 3.05) is 39.4 Å². The Hall–Kier alpha value is -1.70. The Bertz CT molecular complexity index is 944. The molecule has 0 bridgehead atoms. The molecule has 34 heavy (non-hydrogen) atoms. The lowest BCUT2D eigenvalue weighted by molar-refractivity contribution is -0.0475. The molecule has 1 amide bonds. The highest BCUT2D eigenvalue weighted by Gasteiger charge is 2.35. The van der Waals surface area contributed by atoms with Crippen LogP contribution in [-0.2, 0) is 0 Å². The zero-order chi connectivity index (χ0) is 23.3. The Kier molecular flexibility index (Phi) is 9.74. The summed E-state index contributed by atoms with van der Waals surface area (Å²) in [5.41, 5.74) is -0.364. The van der Waals surface area contributed by atoms with Gasteiger partial charge in [0.15, 0.2) is 0 Å². The summed E-state index contributed by atoms with van der Waals surface area (Å²) < 4.78 is 11.6. The van der Waals surface area contributed by atoms with Crippen LogP contribution in [0.3, 0.4) is 0 Å². The first-order valence-corrected chi connectivity index (χ1v) is 12.2. The Morgan fingerprint density at radius 1 is 1.00 bits per heavy atom. The normalized spacial score (nSPS) is 18.1. The van der Waals surface area contributed by atoms with Crippen LogP contribution in [0.1, 0.15) is 36.0 Å². The molecule has 0 atom stereocenters. The van der Waals surface area contributed by atoms with Gasteiger partial charge in [0.2, 0.25) is 0 Å². The quantitative estimate of drug-likeness (QED) is 0.537. The van der Waals surface area contributed by atoms with E-state index >= 15 is 0 Å². The second kappa shape index (κ2) is 12.3. The topological polar surface area (TPSA) is 71.0 Å². The molecule has 2 aliphatic rings. The summed E-state index contributed by atoms with van der Waals surface area (Å²) in [5.74, 6) is 1.89. The summed E-state index contributed by atoms with van der Waals surface area (Å²) >= 11 is 11.9. The van der Waals surface area contributed by atoms with Crippen molar-refractivity contribution in [1.82, 2.24) is 10.2 Å². The molecular formula is C25H31Cl3N2O4. The molecule has 0 unspecified atom stereocenters. The zero-order valence-electron chi connectivity index (χ0n) is 19.0. The van der Waals surface area contributed by atoms with Crippen LogP contribution >= 0.6 is 35.6 Å². The van der Waals surface area contributed by atoms with E-state index in [-0.39, 0.29) is 24.9 Å². The second-order valence-electron chi connectivity index (χ2n) is 8.91. The van der Waals surface area contributed by atoms with E-state index in [1.54, 1.807) is 23.1 Å². The number of nitrogens with one attached hydrogen (secondary N) is 1. The van der Waals surface area contributed by atoms with E-state index in [0.29, 0.717) is 59.8 Å². The van der Waals surface area contributed by atoms with E-state index in [9.17, 15) is 9.90 Å². The molecule has 2 aromatic carbocycles. The lowest BCUT2D eigenvalue weighted by Gasteiger charge is -2.38. The highest BCUT2D eigenvalue weighted by Crippen LogP contribution is 2.29. The number of halogens is 3. The molecular weight excluding hydrogens is 499 g/mol. The molecule has 9 heteroatoms. The number of rotatable bonds is 7. The summed E-state index contributed by atoms with van der Waals surface area (Å²) in [6.45, 7) is 3.88. The Morgan fingerprint density at radius 3 is 2.29 bits per heavy atom. The maximum absolute atomic E-state index is 12.9. The van der Waals surface area contributed by atoms with E-state index in [1.807, 2.05) is 24.3 Å². The van der Waals surface area contributed by atoms with Crippen molar-refractivity contribution >= 4 is 41.5 Å². The van der Waals surface area contributed by atoms with Crippen LogP contribution in [0, 0.1) is 5.92 Å². The summed E-state index contributed by atoms with van der Waals surface area (Å²) in [4.78, 5) is 14.7. The van der Waals surface area contributed by atoms with Crippen LogP contribution in [0.25, 0.3) is 0 Å². The SMILES string of the molecule is Cl.O=C(c1ccc(OCC2CCNCC2)cc1)N1CCC(O)(COc2ccc(Cl)c(Cl)c2)CC1. The molecule has 0 aliphatic carbocycles. The molecule has 6 nitrogen and oxygen atoms in total. The van der Waals surface area contributed by atoms with Gasteiger partial charge in [-0.15, -0.1) is 12.4 Å². The van der Waals surface area contributed by atoms with E-state index < -0.39 is 5.60 Å². The number of hydrogen-bond acceptors (Lipinski definition) is 5. The minimum Gasteiger partial charge on any atom is -0.493 e. The fourth-order valence-electron chi connectivity index (χ4n) is 4.19. The van der Waals surface area contributed by atoms with Crippen LogP contribution in [0.15, 0.2) is 42.5 Å². The molecule has 4 rings (SSSR count). The maximum atomic E-state index is 12.9. The summed E-state index contributed by atoms with van der Waals surface area (Å²) in [6.07, 6.45) is 3.15. The standard InChI is InChI=1S/C25H30Cl2N2O4.ClH/c26-22-6-5-21(15-23(22)27)33-17-25(31)9-13-29(14-10-25)24(30)19-1-3-20(4-2-19)32-16-18-7-11-28-12-8-18;/h1-6,15,18,28,31H,7-14,16-17H2;1H. The van der Waals surface area contributed by atoms with Crippen LogP contribution in [0.5, 0.6) is 11.5 Å². The minimum atomic E-state index is -0.991. The van der Waals surface area contributed by atoms with Gasteiger partial charge in [-0.3, -0.25) is 4.79 Å². The first-order chi connectivity index (χ1) is 15.9. The number of carbonyl (C=O) groups is 1. The van der Waals surface area contributed by atoms with Crippen molar-refractivity contribution in [1.29, 1.82) is 0 Å². The number of amides is 1. The first-order valence-electron chi connectivity index (χ1n) is 11.4. The van der Waals surface area contributed by atoms with Crippen LogP contribution in [-0.4, -0.2) is 60.9 Å². The average Bonchev–Trinajstić information content (AvgIpc) is 2.85. The van der Waals surface area contributed by atoms with E-state index in [2.05, 4.69) is 5.32 Å². The van der Waals surface area contributed by atoms with Gasteiger partial charge in [-0.25, -0.2) is 0 Å². The third-order valence-electron chi connectivity index (χ3n) is 6.43. The van der Waals surface area contributed by atoms with Crippen molar-refractivity contribution in [3.63, 3.8) is 0 Å². The number of aliphatic hydroxyl groups is 1. The van der Waals surface area contributed by atoms with Crippen LogP contribution in [0.4, 0.5) is 0 Å². The number of benzene rings is 2. The van der Waals surface area contributed by atoms with Crippen molar-refractivity contribution in [2.45, 2.75) is 31.3 Å². The van der Waals surface area contributed by atoms with Crippen LogP contribution < -0.4 is 14.8 Å². The Balaban J connectivity index is 0.00000324. The molecule has 0 spiro atoms. The highest BCUT2D eigenvalue weighted by atomic mass is 35.5. The van der Waals surface area contributed by atoms with Gasteiger partial charge in [0.25, 0.3) is 5.91 Å². The monoisotopic (exact) mass is 528 g/mol. The van der Waals surface area contributed by atoms with Gasteiger partial charge in [-0.1, -0.05) is 23.2 Å². The molecule has 0 saturated carbocycles. The molecule has 2 N–H and O–H groups in total. The van der Waals surface area contributed by atoms with Crippen molar-refractivity contribution in [3.8, 4) is 11.5 Å². The molecule has 2 fully saturated rings. The molecule has 186 valence electrons. The number of carbonyl (C=O) groups excluding carboxylic acids is 1. The summed E-state index contributed by atoms with van der Waals surface area (Å²) in [7, 11) is 0. The predicted octanol–water partition coefficient (Wildman–Crippen LogP) is 4.84. The molecule has 2 aromatic rings. The molecule has 0 aromatic heterocycles. The number of nitrogens with zero attached hydrogens (tertiary/aromatic N) is 1. The fourth-order valence-corrected chi connectivity index (χ4v) is 4.48. The third-order valence-corrected chi connectivity index (χ3v) is 7.16. The fraction of sp³-hybridized carbons (Fsp3) is 0.480. The van der Waals surface area contributed by atoms with Gasteiger partial charge in [0.05, 0.1) is 16.7 Å². The smallest absolute Gasteiger partial charge is 0.253 e. The van der Waals surface area contributed by atoms with Gasteiger partial charge in [0, 0.05) is 24.7 Å². The van der Waals surface area contributed by atoms with Gasteiger partial charge < -0.3 is 24.8 Å². The van der Waals surface area contributed by atoms with E-state index in [1.165, 1.54) is 0 Å². The molecule has 2 aliphatic heterocycles. The third kappa shape index (κ3) is 7.15. The van der Waals surface area contributed by atoms with Gasteiger partial charge in [-0.2, -0.15) is 0 Å². The van der Waals surface area contributed by atoms with E-state index in [4.69, 9.17) is 32.7 Å². The lowest BCUT2D eigenvalue weighted by Crippen LogP contribution is -2.49. The zero-order valence-corrected chi connectivity index (χ0v) is 21.3. The van der Waals surface area contributed by atoms with Crippen molar-refractivity contribution in [3.05, 3.63) is 58.1 Å². The number of ether oxygens (including phenoxy) is 2. The first kappa shape index (κ1) is 26.9. The van der Waals surface area contributed by atoms with Crippen molar-refractivity contribution in [2.24, 2.45) is 5.92 Å². The number of hydrogen-bond donors (Lipinski definition) is 2. The average molecular weight is 530 g/mol. The lowest BCUT2D eigenvalue weighted by atomic mass is 9.92.